The van der Waals surface area contributed by atoms with Crippen molar-refractivity contribution >= 4 is 75.1 Å². The van der Waals surface area contributed by atoms with E-state index in [4.69, 9.17) is 19.9 Å². The second-order valence-electron chi connectivity index (χ2n) is 15.8. The molecule has 0 saturated heterocycles. The van der Waals surface area contributed by atoms with Gasteiger partial charge in [-0.2, -0.15) is 0 Å². The predicted molar refractivity (Wildman–Crippen MR) is 259 cm³/mol. The molecular formula is C55H33N7S. The monoisotopic (exact) mass is 823 g/mol. The zero-order chi connectivity index (χ0) is 41.4. The normalized spacial score (nSPS) is 11.8. The first-order valence-electron chi connectivity index (χ1n) is 20.9. The molecule has 7 nitrogen and oxygen atoms in total. The fourth-order valence-electron chi connectivity index (χ4n) is 9.19. The fraction of sp³-hybridized carbons (Fsp3) is 0. The molecule has 0 spiro atoms. The fourth-order valence-corrected chi connectivity index (χ4v) is 10.2. The minimum Gasteiger partial charge on any atom is -0.309 e. The zero-order valence-electron chi connectivity index (χ0n) is 33.6. The van der Waals surface area contributed by atoms with Gasteiger partial charge in [-0.3, -0.25) is 9.55 Å². The molecule has 0 atom stereocenters. The lowest BCUT2D eigenvalue weighted by molar-refractivity contribution is 0.995. The Morgan fingerprint density at radius 2 is 1.02 bits per heavy atom. The molecule has 0 amide bonds. The standard InChI is InChI=1S/C55H33N7S/c1-3-11-34(12-4-1)46-32-47(35-13-5-2-6-14-35)60-55(59-46)62-49-18-10-8-16-40(49)42-29-36(20-23-50(42)62)45-25-28-57-54(58-45)37-19-22-41-39-15-7-9-17-48(39)61(51(41)30-37)38-21-24-52-43(31-38)44-33-56-27-26-53(44)63-52/h1-33H. The van der Waals surface area contributed by atoms with Crippen LogP contribution in [0.5, 0.6) is 0 Å². The summed E-state index contributed by atoms with van der Waals surface area (Å²) in [5.41, 5.74) is 12.0. The van der Waals surface area contributed by atoms with E-state index in [1.165, 1.54) is 30.9 Å². The molecule has 294 valence electrons. The summed E-state index contributed by atoms with van der Waals surface area (Å²) in [5, 5.41) is 6.97. The zero-order valence-corrected chi connectivity index (χ0v) is 34.4. The van der Waals surface area contributed by atoms with Gasteiger partial charge in [0.1, 0.15) is 0 Å². The number of pyridine rings is 1. The maximum Gasteiger partial charge on any atom is 0.235 e. The van der Waals surface area contributed by atoms with Crippen molar-refractivity contribution in [2.24, 2.45) is 0 Å². The minimum atomic E-state index is 0.617. The average Bonchev–Trinajstić information content (AvgIpc) is 4.01. The summed E-state index contributed by atoms with van der Waals surface area (Å²) in [6, 6.07) is 63.8. The molecule has 0 N–H and O–H groups in total. The van der Waals surface area contributed by atoms with E-state index in [0.29, 0.717) is 11.8 Å². The largest absolute Gasteiger partial charge is 0.309 e. The number of hydrogen-bond acceptors (Lipinski definition) is 6. The molecule has 0 aliphatic heterocycles. The summed E-state index contributed by atoms with van der Waals surface area (Å²) >= 11 is 1.80. The summed E-state index contributed by atoms with van der Waals surface area (Å²) in [4.78, 5) is 24.9. The Bertz CT molecular complexity index is 3870. The minimum absolute atomic E-state index is 0.617. The van der Waals surface area contributed by atoms with E-state index in [-0.39, 0.29) is 0 Å². The quantitative estimate of drug-likeness (QED) is 0.167. The highest BCUT2D eigenvalue weighted by Gasteiger charge is 2.19. The second-order valence-corrected chi connectivity index (χ2v) is 16.8. The third-order valence-electron chi connectivity index (χ3n) is 12.1. The van der Waals surface area contributed by atoms with Gasteiger partial charge in [0.05, 0.1) is 39.1 Å². The molecule has 0 saturated carbocycles. The Morgan fingerprint density at radius 3 is 1.79 bits per heavy atom. The van der Waals surface area contributed by atoms with E-state index >= 15 is 0 Å². The van der Waals surface area contributed by atoms with E-state index in [1.54, 1.807) is 11.3 Å². The van der Waals surface area contributed by atoms with E-state index < -0.39 is 0 Å². The van der Waals surface area contributed by atoms with Crippen LogP contribution in [-0.2, 0) is 0 Å². The SMILES string of the molecule is c1ccc(-c2cc(-c3ccccc3)nc(-n3c4ccccc4c4cc(-c5ccnc(-c6ccc7c8ccccc8n(-c8ccc9sc%10ccncc%10c9c8)c7c6)n5)ccc43)n2)cc1. The number of fused-ring (bicyclic) bond motifs is 9. The molecule has 13 aromatic rings. The summed E-state index contributed by atoms with van der Waals surface area (Å²) in [7, 11) is 0. The Kier molecular flexibility index (Phi) is 7.94. The van der Waals surface area contributed by atoms with Gasteiger partial charge in [-0.1, -0.05) is 115 Å². The highest BCUT2D eigenvalue weighted by Crippen LogP contribution is 2.40. The van der Waals surface area contributed by atoms with E-state index in [1.807, 2.05) is 61.1 Å². The molecule has 0 radical (unpaired) electrons. The third-order valence-corrected chi connectivity index (χ3v) is 13.3. The van der Waals surface area contributed by atoms with Crippen LogP contribution in [0.3, 0.4) is 0 Å². The number of thiophene rings is 1. The first-order valence-corrected chi connectivity index (χ1v) is 21.7. The molecule has 0 unspecified atom stereocenters. The van der Waals surface area contributed by atoms with Gasteiger partial charge in [-0.05, 0) is 66.7 Å². The van der Waals surface area contributed by atoms with Crippen LogP contribution < -0.4 is 0 Å². The van der Waals surface area contributed by atoms with Crippen molar-refractivity contribution in [1.29, 1.82) is 0 Å². The van der Waals surface area contributed by atoms with Gasteiger partial charge in [0.2, 0.25) is 5.95 Å². The van der Waals surface area contributed by atoms with Gasteiger partial charge >= 0.3 is 0 Å². The van der Waals surface area contributed by atoms with Crippen LogP contribution in [0, 0.1) is 0 Å². The molecule has 8 heteroatoms. The van der Waals surface area contributed by atoms with Crippen molar-refractivity contribution in [3.8, 4) is 56.8 Å². The first kappa shape index (κ1) is 35.4. The number of hydrogen-bond donors (Lipinski definition) is 0. The van der Waals surface area contributed by atoms with Crippen LogP contribution in [0.4, 0.5) is 0 Å². The maximum atomic E-state index is 5.23. The molecule has 0 aliphatic rings. The third kappa shape index (κ3) is 5.76. The van der Waals surface area contributed by atoms with Gasteiger partial charge in [-0.15, -0.1) is 11.3 Å². The molecule has 0 bridgehead atoms. The Balaban J connectivity index is 0.937. The summed E-state index contributed by atoms with van der Waals surface area (Å²) in [5.74, 6) is 1.28. The number of para-hydroxylation sites is 2. The summed E-state index contributed by atoms with van der Waals surface area (Å²) < 4.78 is 7.04. The van der Waals surface area contributed by atoms with Crippen molar-refractivity contribution < 1.29 is 0 Å². The average molecular weight is 824 g/mol. The van der Waals surface area contributed by atoms with Crippen molar-refractivity contribution in [3.63, 3.8) is 0 Å². The lowest BCUT2D eigenvalue weighted by atomic mass is 10.1. The van der Waals surface area contributed by atoms with Gasteiger partial charge in [-0.25, -0.2) is 19.9 Å². The van der Waals surface area contributed by atoms with Crippen LogP contribution >= 0.6 is 11.3 Å². The predicted octanol–water partition coefficient (Wildman–Crippen LogP) is 13.9. The van der Waals surface area contributed by atoms with Crippen molar-refractivity contribution in [3.05, 3.63) is 201 Å². The molecule has 0 fully saturated rings. The number of benzene rings is 7. The van der Waals surface area contributed by atoms with Crippen LogP contribution in [0.1, 0.15) is 0 Å². The van der Waals surface area contributed by atoms with Crippen LogP contribution in [0.2, 0.25) is 0 Å². The highest BCUT2D eigenvalue weighted by molar-refractivity contribution is 7.25. The van der Waals surface area contributed by atoms with Crippen LogP contribution in [0.25, 0.3) is 121 Å². The molecule has 0 aliphatic carbocycles. The first-order chi connectivity index (χ1) is 31.2. The molecule has 63 heavy (non-hydrogen) atoms. The Labute approximate surface area is 364 Å². The summed E-state index contributed by atoms with van der Waals surface area (Å²) in [6.07, 6.45) is 5.70. The van der Waals surface area contributed by atoms with Crippen LogP contribution in [-0.4, -0.2) is 34.1 Å². The number of rotatable bonds is 6. The lowest BCUT2D eigenvalue weighted by Crippen LogP contribution is -2.04. The van der Waals surface area contributed by atoms with Crippen molar-refractivity contribution in [1.82, 2.24) is 34.1 Å². The van der Waals surface area contributed by atoms with Gasteiger partial charge in [0.15, 0.2) is 5.82 Å². The lowest BCUT2D eigenvalue weighted by Gasteiger charge is -2.12. The Morgan fingerprint density at radius 1 is 0.365 bits per heavy atom. The van der Waals surface area contributed by atoms with Crippen molar-refractivity contribution in [2.75, 3.05) is 0 Å². The second kappa shape index (κ2) is 14.1. The molecule has 13 rings (SSSR count). The molecule has 6 aromatic heterocycles. The van der Waals surface area contributed by atoms with E-state index in [0.717, 1.165) is 77.9 Å². The van der Waals surface area contributed by atoms with E-state index in [9.17, 15) is 0 Å². The van der Waals surface area contributed by atoms with Crippen LogP contribution in [0.15, 0.2) is 201 Å². The van der Waals surface area contributed by atoms with Crippen molar-refractivity contribution in [2.45, 2.75) is 0 Å². The topological polar surface area (TPSA) is 74.3 Å². The van der Waals surface area contributed by atoms with E-state index in [2.05, 4.69) is 154 Å². The molecular weight excluding hydrogens is 791 g/mol. The highest BCUT2D eigenvalue weighted by atomic mass is 32.1. The maximum absolute atomic E-state index is 5.23. The smallest absolute Gasteiger partial charge is 0.235 e. The Hall–Kier alpha value is -8.33. The van der Waals surface area contributed by atoms with Gasteiger partial charge in [0.25, 0.3) is 0 Å². The van der Waals surface area contributed by atoms with Gasteiger partial charge in [0, 0.05) is 88.2 Å². The molecule has 6 heterocycles. The number of aromatic nitrogens is 7. The number of nitrogens with zero attached hydrogens (tertiary/aromatic N) is 7. The summed E-state index contributed by atoms with van der Waals surface area (Å²) in [6.45, 7) is 0. The van der Waals surface area contributed by atoms with Gasteiger partial charge < -0.3 is 4.57 Å². The molecule has 7 aromatic carbocycles.